The van der Waals surface area contributed by atoms with Gasteiger partial charge in [0, 0.05) is 24.0 Å². The Balaban J connectivity index is 1.73. The standard InChI is InChI=1S/C10H14FN3S/c11-8-2-1-5-14(6-8)10-12-9(13-15-10)7-3-4-7/h7-8H,1-6H2/t8-/m1/s1. The quantitative estimate of drug-likeness (QED) is 0.776. The fraction of sp³-hybridized carbons (Fsp3) is 0.800. The summed E-state index contributed by atoms with van der Waals surface area (Å²) in [7, 11) is 0. The van der Waals surface area contributed by atoms with Crippen LogP contribution in [0.5, 0.6) is 0 Å². The molecule has 1 atom stereocenters. The molecule has 82 valence electrons. The Bertz CT molecular complexity index is 350. The molecule has 3 nitrogen and oxygen atoms in total. The van der Waals surface area contributed by atoms with Gasteiger partial charge in [-0.15, -0.1) is 0 Å². The van der Waals surface area contributed by atoms with Gasteiger partial charge in [-0.3, -0.25) is 0 Å². The lowest BCUT2D eigenvalue weighted by molar-refractivity contribution is 0.286. The van der Waals surface area contributed by atoms with Crippen molar-refractivity contribution >= 4 is 16.7 Å². The van der Waals surface area contributed by atoms with Gasteiger partial charge in [0.05, 0.1) is 6.54 Å². The highest BCUT2D eigenvalue weighted by Gasteiger charge is 2.29. The van der Waals surface area contributed by atoms with Crippen LogP contribution in [0.1, 0.15) is 37.4 Å². The van der Waals surface area contributed by atoms with Crippen molar-refractivity contribution in [2.45, 2.75) is 37.8 Å². The SMILES string of the molecule is F[C@@H]1CCCN(c2nc(C3CC3)ns2)C1. The fourth-order valence-electron chi connectivity index (χ4n) is 1.96. The average Bonchev–Trinajstić information content (AvgIpc) is 2.97. The molecule has 1 aliphatic heterocycles. The van der Waals surface area contributed by atoms with E-state index in [2.05, 4.69) is 9.36 Å². The Kier molecular flexibility index (Phi) is 2.35. The molecule has 2 heterocycles. The number of piperidine rings is 1. The summed E-state index contributed by atoms with van der Waals surface area (Å²) in [6.45, 7) is 1.43. The van der Waals surface area contributed by atoms with Crippen molar-refractivity contribution in [2.24, 2.45) is 0 Å². The summed E-state index contributed by atoms with van der Waals surface area (Å²) in [5, 5.41) is 0.916. The van der Waals surface area contributed by atoms with E-state index < -0.39 is 6.17 Å². The lowest BCUT2D eigenvalue weighted by Crippen LogP contribution is -2.36. The lowest BCUT2D eigenvalue weighted by Gasteiger charge is -2.27. The van der Waals surface area contributed by atoms with Gasteiger partial charge in [-0.2, -0.15) is 4.37 Å². The Morgan fingerprint density at radius 3 is 2.93 bits per heavy atom. The molecular formula is C10H14FN3S. The minimum absolute atomic E-state index is 0.499. The van der Waals surface area contributed by atoms with Crippen LogP contribution in [-0.4, -0.2) is 28.6 Å². The molecule has 1 aliphatic carbocycles. The van der Waals surface area contributed by atoms with Crippen LogP contribution in [-0.2, 0) is 0 Å². The summed E-state index contributed by atoms with van der Waals surface area (Å²) < 4.78 is 17.6. The summed E-state index contributed by atoms with van der Waals surface area (Å²) >= 11 is 1.42. The van der Waals surface area contributed by atoms with E-state index in [1.807, 2.05) is 4.90 Å². The van der Waals surface area contributed by atoms with Crippen LogP contribution in [0.25, 0.3) is 0 Å². The van der Waals surface area contributed by atoms with Crippen LogP contribution >= 0.6 is 11.5 Å². The highest BCUT2D eigenvalue weighted by Crippen LogP contribution is 2.39. The van der Waals surface area contributed by atoms with Gasteiger partial charge in [0.25, 0.3) is 0 Å². The zero-order chi connectivity index (χ0) is 10.3. The Labute approximate surface area is 92.5 Å². The van der Waals surface area contributed by atoms with Crippen molar-refractivity contribution in [3.8, 4) is 0 Å². The first-order chi connectivity index (χ1) is 7.33. The Morgan fingerprint density at radius 2 is 2.20 bits per heavy atom. The van der Waals surface area contributed by atoms with Crippen LogP contribution < -0.4 is 4.90 Å². The van der Waals surface area contributed by atoms with Crippen molar-refractivity contribution in [3.63, 3.8) is 0 Å². The van der Waals surface area contributed by atoms with Crippen molar-refractivity contribution < 1.29 is 4.39 Å². The van der Waals surface area contributed by atoms with E-state index in [0.29, 0.717) is 18.9 Å². The second kappa shape index (κ2) is 3.70. The van der Waals surface area contributed by atoms with Gasteiger partial charge in [0.15, 0.2) is 0 Å². The summed E-state index contributed by atoms with van der Waals surface area (Å²) in [6, 6.07) is 0. The topological polar surface area (TPSA) is 29.0 Å². The predicted molar refractivity (Wildman–Crippen MR) is 58.2 cm³/mol. The molecule has 0 aromatic carbocycles. The third-order valence-electron chi connectivity index (χ3n) is 3.01. The molecule has 0 bridgehead atoms. The average molecular weight is 227 g/mol. The van der Waals surface area contributed by atoms with Gasteiger partial charge in [-0.25, -0.2) is 9.37 Å². The number of nitrogens with zero attached hydrogens (tertiary/aromatic N) is 3. The Morgan fingerprint density at radius 1 is 1.33 bits per heavy atom. The van der Waals surface area contributed by atoms with Crippen LogP contribution in [0.2, 0.25) is 0 Å². The number of hydrogen-bond donors (Lipinski definition) is 0. The third kappa shape index (κ3) is 1.97. The normalized spacial score (nSPS) is 27.0. The monoisotopic (exact) mass is 227 g/mol. The molecule has 2 fully saturated rings. The largest absolute Gasteiger partial charge is 0.344 e. The number of alkyl halides is 1. The molecule has 0 amide bonds. The summed E-state index contributed by atoms with van der Waals surface area (Å²) in [4.78, 5) is 6.54. The van der Waals surface area contributed by atoms with E-state index in [0.717, 1.165) is 23.9 Å². The number of halogens is 1. The van der Waals surface area contributed by atoms with Crippen LogP contribution in [0.3, 0.4) is 0 Å². The number of hydrogen-bond acceptors (Lipinski definition) is 4. The molecule has 1 saturated carbocycles. The molecule has 5 heteroatoms. The molecule has 0 unspecified atom stereocenters. The molecule has 3 rings (SSSR count). The fourth-order valence-corrected chi connectivity index (χ4v) is 2.74. The van der Waals surface area contributed by atoms with Crippen molar-refractivity contribution in [2.75, 3.05) is 18.0 Å². The van der Waals surface area contributed by atoms with Crippen LogP contribution in [0.4, 0.5) is 9.52 Å². The molecule has 1 saturated heterocycles. The van der Waals surface area contributed by atoms with Gasteiger partial charge >= 0.3 is 0 Å². The highest BCUT2D eigenvalue weighted by atomic mass is 32.1. The second-order valence-electron chi connectivity index (χ2n) is 4.39. The van der Waals surface area contributed by atoms with Crippen LogP contribution in [0.15, 0.2) is 0 Å². The minimum atomic E-state index is -0.688. The molecule has 1 aromatic heterocycles. The molecule has 2 aliphatic rings. The van der Waals surface area contributed by atoms with Crippen LogP contribution in [0, 0.1) is 0 Å². The summed E-state index contributed by atoms with van der Waals surface area (Å²) in [6.07, 6.45) is 3.39. The van der Waals surface area contributed by atoms with Crippen molar-refractivity contribution in [3.05, 3.63) is 5.82 Å². The van der Waals surface area contributed by atoms with E-state index >= 15 is 0 Å². The van der Waals surface area contributed by atoms with Gasteiger partial charge < -0.3 is 4.90 Å². The van der Waals surface area contributed by atoms with Crippen molar-refractivity contribution in [1.29, 1.82) is 0 Å². The molecule has 15 heavy (non-hydrogen) atoms. The van der Waals surface area contributed by atoms with E-state index in [1.165, 1.54) is 24.4 Å². The Hall–Kier alpha value is -0.710. The molecule has 0 spiro atoms. The van der Waals surface area contributed by atoms with Gasteiger partial charge in [-0.05, 0) is 25.7 Å². The van der Waals surface area contributed by atoms with E-state index in [-0.39, 0.29) is 0 Å². The zero-order valence-electron chi connectivity index (χ0n) is 8.53. The summed E-state index contributed by atoms with van der Waals surface area (Å²) in [5.74, 6) is 1.58. The second-order valence-corrected chi connectivity index (χ2v) is 5.13. The maximum atomic E-state index is 13.2. The van der Waals surface area contributed by atoms with Gasteiger partial charge in [-0.1, -0.05) is 0 Å². The first-order valence-corrected chi connectivity index (χ1v) is 6.33. The highest BCUT2D eigenvalue weighted by molar-refractivity contribution is 7.09. The lowest BCUT2D eigenvalue weighted by atomic mass is 10.1. The molecule has 0 radical (unpaired) electrons. The van der Waals surface area contributed by atoms with Gasteiger partial charge in [0.1, 0.15) is 12.0 Å². The van der Waals surface area contributed by atoms with Crippen molar-refractivity contribution in [1.82, 2.24) is 9.36 Å². The number of anilines is 1. The number of aromatic nitrogens is 2. The first-order valence-electron chi connectivity index (χ1n) is 5.55. The van der Waals surface area contributed by atoms with E-state index in [1.54, 1.807) is 0 Å². The van der Waals surface area contributed by atoms with Gasteiger partial charge in [0.2, 0.25) is 5.13 Å². The molecule has 1 aromatic rings. The summed E-state index contributed by atoms with van der Waals surface area (Å²) in [5.41, 5.74) is 0. The minimum Gasteiger partial charge on any atom is -0.344 e. The molecular weight excluding hydrogens is 213 g/mol. The first kappa shape index (κ1) is 9.51. The zero-order valence-corrected chi connectivity index (χ0v) is 9.34. The maximum absolute atomic E-state index is 13.2. The third-order valence-corrected chi connectivity index (χ3v) is 3.80. The molecule has 0 N–H and O–H groups in total. The van der Waals surface area contributed by atoms with E-state index in [4.69, 9.17) is 0 Å². The maximum Gasteiger partial charge on any atom is 0.205 e. The predicted octanol–water partition coefficient (Wildman–Crippen LogP) is 2.35. The number of rotatable bonds is 2. The van der Waals surface area contributed by atoms with E-state index in [9.17, 15) is 4.39 Å². The smallest absolute Gasteiger partial charge is 0.205 e.